The molecular formula is C30H43NO4. The lowest BCUT2D eigenvalue weighted by Crippen LogP contribution is -2.33. The molecule has 6 atom stereocenters. The van der Waals surface area contributed by atoms with Crippen LogP contribution in [0.3, 0.4) is 0 Å². The third-order valence-corrected chi connectivity index (χ3v) is 6.72. The molecule has 192 valence electrons. The van der Waals surface area contributed by atoms with Gasteiger partial charge in [-0.25, -0.2) is 0 Å². The summed E-state index contributed by atoms with van der Waals surface area (Å²) in [5, 5.41) is 13.6. The van der Waals surface area contributed by atoms with Gasteiger partial charge in [0.05, 0.1) is 31.0 Å². The Hall–Kier alpha value is -2.21. The number of hydrogen-bond donors (Lipinski definition) is 2. The second kappa shape index (κ2) is 14.4. The third kappa shape index (κ3) is 10.5. The monoisotopic (exact) mass is 481 g/mol. The molecule has 0 fully saturated rings. The highest BCUT2D eigenvalue weighted by molar-refractivity contribution is 5.87. The van der Waals surface area contributed by atoms with E-state index in [1.54, 1.807) is 6.08 Å². The lowest BCUT2D eigenvalue weighted by molar-refractivity contribution is -0.117. The highest BCUT2D eigenvalue weighted by atomic mass is 16.5. The first kappa shape index (κ1) is 27.4. The second-order valence-corrected chi connectivity index (χ2v) is 10.3. The summed E-state index contributed by atoms with van der Waals surface area (Å²) in [5.74, 6) is 0.337. The van der Waals surface area contributed by atoms with Gasteiger partial charge >= 0.3 is 0 Å². The van der Waals surface area contributed by atoms with Crippen LogP contribution in [0.25, 0.3) is 0 Å². The van der Waals surface area contributed by atoms with Crippen molar-refractivity contribution in [2.24, 2.45) is 5.92 Å². The summed E-state index contributed by atoms with van der Waals surface area (Å²) in [6.07, 6.45) is 23.9. The van der Waals surface area contributed by atoms with Crippen LogP contribution in [0, 0.1) is 5.92 Å². The molecule has 3 heterocycles. The van der Waals surface area contributed by atoms with Gasteiger partial charge < -0.3 is 19.9 Å². The highest BCUT2D eigenvalue weighted by Gasteiger charge is 2.21. The molecule has 0 aliphatic carbocycles. The van der Waals surface area contributed by atoms with Gasteiger partial charge in [0.2, 0.25) is 5.91 Å². The Morgan fingerprint density at radius 1 is 1.14 bits per heavy atom. The fraction of sp³-hybridized carbons (Fsp3) is 0.567. The van der Waals surface area contributed by atoms with Crippen LogP contribution in [0.4, 0.5) is 0 Å². The van der Waals surface area contributed by atoms with Crippen LogP contribution in [0.5, 0.6) is 0 Å². The van der Waals surface area contributed by atoms with Gasteiger partial charge in [-0.05, 0) is 70.3 Å². The maximum atomic E-state index is 12.6. The number of carbonyl (C=O) groups is 1. The summed E-state index contributed by atoms with van der Waals surface area (Å²) in [5.41, 5.74) is 2.41. The number of nitrogens with one attached hydrogen (secondary N) is 1. The van der Waals surface area contributed by atoms with Crippen molar-refractivity contribution in [2.45, 2.75) is 95.7 Å². The molecule has 0 radical (unpaired) electrons. The van der Waals surface area contributed by atoms with Gasteiger partial charge in [-0.3, -0.25) is 4.79 Å². The molecule has 3 aliphatic rings. The fourth-order valence-electron chi connectivity index (χ4n) is 4.95. The zero-order chi connectivity index (χ0) is 25.0. The van der Waals surface area contributed by atoms with Crippen LogP contribution in [0.2, 0.25) is 0 Å². The van der Waals surface area contributed by atoms with Crippen molar-refractivity contribution in [3.05, 3.63) is 72.4 Å². The molecule has 5 nitrogen and oxygen atoms in total. The molecule has 5 heteroatoms. The van der Waals surface area contributed by atoms with Gasteiger partial charge in [-0.1, -0.05) is 73.3 Å². The van der Waals surface area contributed by atoms with Gasteiger partial charge in [-0.15, -0.1) is 0 Å². The molecule has 1 amide bonds. The standard InChI is InChI=1S/C30H43NO4/c1-22-16-17-34-28(20-22)13-5-9-25-8-4-10-26(32)19-23(2)18-24(3)21-29-14-6-11-27(35-29)12-7-15-30(33)31-25/h4-7,10-11,13,15-16,24-29,32H,2,8-9,12,14,17-21H2,1,3H3,(H,31,33)/b10-4+,13-5+,15-7-/t24-,25-,26+,27-,28+,29-/m0/s1. The van der Waals surface area contributed by atoms with E-state index in [0.717, 1.165) is 31.3 Å². The van der Waals surface area contributed by atoms with E-state index in [1.807, 2.05) is 18.2 Å². The molecule has 35 heavy (non-hydrogen) atoms. The Morgan fingerprint density at radius 2 is 1.97 bits per heavy atom. The molecule has 0 aromatic carbocycles. The first-order chi connectivity index (χ1) is 16.9. The number of fused-ring (bicyclic) bond motifs is 2. The summed E-state index contributed by atoms with van der Waals surface area (Å²) in [7, 11) is 0. The molecule has 0 saturated heterocycles. The lowest BCUT2D eigenvalue weighted by Gasteiger charge is -2.28. The highest BCUT2D eigenvalue weighted by Crippen LogP contribution is 2.25. The Labute approximate surface area is 211 Å². The minimum absolute atomic E-state index is 0.00331. The number of carbonyl (C=O) groups excluding carboxylic acids is 1. The zero-order valence-electron chi connectivity index (χ0n) is 21.4. The average Bonchev–Trinajstić information content (AvgIpc) is 2.78. The maximum absolute atomic E-state index is 12.6. The number of ether oxygens (including phenoxy) is 2. The summed E-state index contributed by atoms with van der Waals surface area (Å²) < 4.78 is 12.0. The number of hydrogen-bond acceptors (Lipinski definition) is 4. The van der Waals surface area contributed by atoms with Crippen molar-refractivity contribution < 1.29 is 19.4 Å². The van der Waals surface area contributed by atoms with Crippen LogP contribution in [-0.4, -0.2) is 48.1 Å². The first-order valence-corrected chi connectivity index (χ1v) is 13.1. The molecule has 2 bridgehead atoms. The minimum Gasteiger partial charge on any atom is -0.389 e. The summed E-state index contributed by atoms with van der Waals surface area (Å²) in [6, 6.07) is -0.0654. The van der Waals surface area contributed by atoms with E-state index in [-0.39, 0.29) is 30.3 Å². The van der Waals surface area contributed by atoms with E-state index in [9.17, 15) is 9.90 Å². The van der Waals surface area contributed by atoms with Gasteiger partial charge in [0.25, 0.3) is 0 Å². The van der Waals surface area contributed by atoms with E-state index in [2.05, 4.69) is 56.1 Å². The largest absolute Gasteiger partial charge is 0.389 e. The van der Waals surface area contributed by atoms with E-state index in [1.165, 1.54) is 5.57 Å². The molecule has 0 unspecified atom stereocenters. The van der Waals surface area contributed by atoms with E-state index >= 15 is 0 Å². The van der Waals surface area contributed by atoms with Crippen molar-refractivity contribution in [1.29, 1.82) is 0 Å². The summed E-state index contributed by atoms with van der Waals surface area (Å²) in [6.45, 7) is 9.20. The predicted molar refractivity (Wildman–Crippen MR) is 142 cm³/mol. The average molecular weight is 482 g/mol. The molecule has 0 aromatic heterocycles. The lowest BCUT2D eigenvalue weighted by atomic mass is 9.91. The normalized spacial score (nSPS) is 35.6. The Bertz CT molecular complexity index is 852. The molecule has 0 spiro atoms. The number of aliphatic hydroxyl groups is 1. The Morgan fingerprint density at radius 3 is 2.80 bits per heavy atom. The number of aliphatic hydroxyl groups excluding tert-OH is 1. The van der Waals surface area contributed by atoms with Crippen LogP contribution >= 0.6 is 0 Å². The van der Waals surface area contributed by atoms with Gasteiger partial charge in [0.1, 0.15) is 0 Å². The van der Waals surface area contributed by atoms with Crippen molar-refractivity contribution in [1.82, 2.24) is 5.32 Å². The molecule has 3 rings (SSSR count). The fourth-order valence-corrected chi connectivity index (χ4v) is 4.95. The van der Waals surface area contributed by atoms with Crippen LogP contribution in [0.1, 0.15) is 65.2 Å². The molecule has 3 aliphatic heterocycles. The van der Waals surface area contributed by atoms with Crippen molar-refractivity contribution in [3.63, 3.8) is 0 Å². The first-order valence-electron chi connectivity index (χ1n) is 13.1. The van der Waals surface area contributed by atoms with Crippen LogP contribution in [0.15, 0.2) is 72.4 Å². The quantitative estimate of drug-likeness (QED) is 0.523. The Balaban J connectivity index is 1.65. The van der Waals surface area contributed by atoms with Crippen LogP contribution in [-0.2, 0) is 14.3 Å². The molecule has 2 N–H and O–H groups in total. The summed E-state index contributed by atoms with van der Waals surface area (Å²) >= 11 is 0. The molecular weight excluding hydrogens is 438 g/mol. The van der Waals surface area contributed by atoms with Crippen molar-refractivity contribution >= 4 is 5.91 Å². The van der Waals surface area contributed by atoms with Crippen LogP contribution < -0.4 is 5.32 Å². The maximum Gasteiger partial charge on any atom is 0.243 e. The number of amides is 1. The Kier molecular flexibility index (Phi) is 11.2. The second-order valence-electron chi connectivity index (χ2n) is 10.3. The SMILES string of the molecule is C=C1C[C@H](C)C[C@@H]2CC=C[C@@H](C/C=C\C(=O)N[C@H](C/C=C/[C@@H]3CC(C)=CCO3)C/C=C/[C@@H](O)C1)O2. The molecule has 0 aromatic rings. The minimum atomic E-state index is -0.566. The van der Waals surface area contributed by atoms with Crippen molar-refractivity contribution in [3.8, 4) is 0 Å². The third-order valence-electron chi connectivity index (χ3n) is 6.72. The van der Waals surface area contributed by atoms with Gasteiger partial charge in [0, 0.05) is 6.04 Å². The predicted octanol–water partition coefficient (Wildman–Crippen LogP) is 5.50. The summed E-state index contributed by atoms with van der Waals surface area (Å²) in [4.78, 5) is 12.6. The zero-order valence-corrected chi connectivity index (χ0v) is 21.4. The topological polar surface area (TPSA) is 67.8 Å². The van der Waals surface area contributed by atoms with Crippen molar-refractivity contribution in [2.75, 3.05) is 6.61 Å². The number of rotatable bonds is 3. The van der Waals surface area contributed by atoms with Gasteiger partial charge in [0.15, 0.2) is 0 Å². The molecule has 0 saturated carbocycles. The smallest absolute Gasteiger partial charge is 0.243 e. The van der Waals surface area contributed by atoms with E-state index in [0.29, 0.717) is 38.2 Å². The van der Waals surface area contributed by atoms with Gasteiger partial charge in [-0.2, -0.15) is 0 Å². The van der Waals surface area contributed by atoms with E-state index < -0.39 is 6.10 Å². The van der Waals surface area contributed by atoms with E-state index in [4.69, 9.17) is 9.47 Å².